The number of nitro benzene ring substituents is 1. The van der Waals surface area contributed by atoms with Crippen molar-refractivity contribution in [3.63, 3.8) is 0 Å². The number of benzene rings is 2. The number of hydrogen-bond donors (Lipinski definition) is 2. The molecule has 0 radical (unpaired) electrons. The third-order valence-electron chi connectivity index (χ3n) is 4.63. The van der Waals surface area contributed by atoms with Gasteiger partial charge in [0.15, 0.2) is 10.9 Å². The Labute approximate surface area is 191 Å². The summed E-state index contributed by atoms with van der Waals surface area (Å²) < 4.78 is 6.79. The van der Waals surface area contributed by atoms with E-state index in [0.29, 0.717) is 10.6 Å². The second-order valence-corrected chi connectivity index (χ2v) is 8.15. The number of ether oxygens (including phenoxy) is 1. The molecule has 0 saturated carbocycles. The number of nitrogens with one attached hydrogen (secondary N) is 2. The molecular formula is C21H17N5O4S2. The molecular weight excluding hydrogens is 450 g/mol. The zero-order valence-corrected chi connectivity index (χ0v) is 18.6. The maximum atomic E-state index is 12.8. The predicted octanol–water partition coefficient (Wildman–Crippen LogP) is 4.44. The quantitative estimate of drug-likeness (QED) is 0.254. The molecule has 2 heterocycles. The average molecular weight is 468 g/mol. The van der Waals surface area contributed by atoms with Crippen molar-refractivity contribution < 1.29 is 14.5 Å². The van der Waals surface area contributed by atoms with Gasteiger partial charge in [-0.15, -0.1) is 11.3 Å². The Hall–Kier alpha value is -3.83. The summed E-state index contributed by atoms with van der Waals surface area (Å²) in [6.07, 6.45) is 0. The van der Waals surface area contributed by atoms with Crippen LogP contribution in [-0.2, 0) is 0 Å². The van der Waals surface area contributed by atoms with Crippen molar-refractivity contribution in [3.8, 4) is 11.4 Å². The highest BCUT2D eigenvalue weighted by atomic mass is 32.1. The molecule has 0 spiro atoms. The number of hydrogen-bond acceptors (Lipinski definition) is 7. The van der Waals surface area contributed by atoms with Gasteiger partial charge in [0.05, 0.1) is 28.3 Å². The van der Waals surface area contributed by atoms with Gasteiger partial charge in [-0.2, -0.15) is 5.10 Å². The second-order valence-electron chi connectivity index (χ2n) is 6.71. The van der Waals surface area contributed by atoms with Crippen LogP contribution in [-0.4, -0.2) is 32.8 Å². The Morgan fingerprint density at radius 1 is 1.22 bits per heavy atom. The fourth-order valence-corrected chi connectivity index (χ4v) is 4.43. The first kappa shape index (κ1) is 21.4. The third-order valence-corrected chi connectivity index (χ3v) is 5.94. The molecule has 9 nitrogen and oxygen atoms in total. The second kappa shape index (κ2) is 8.73. The van der Waals surface area contributed by atoms with Gasteiger partial charge in [0, 0.05) is 17.1 Å². The molecule has 162 valence electrons. The van der Waals surface area contributed by atoms with Gasteiger partial charge in [0.25, 0.3) is 5.91 Å². The lowest BCUT2D eigenvalue weighted by Gasteiger charge is -2.10. The van der Waals surface area contributed by atoms with Crippen molar-refractivity contribution in [2.75, 3.05) is 12.4 Å². The average Bonchev–Trinajstić information content (AvgIpc) is 3.35. The molecule has 0 bridgehead atoms. The van der Waals surface area contributed by atoms with Gasteiger partial charge < -0.3 is 10.1 Å². The number of carbonyl (C=O) groups is 1. The van der Waals surface area contributed by atoms with E-state index < -0.39 is 4.92 Å². The molecule has 0 saturated heterocycles. The van der Waals surface area contributed by atoms with E-state index in [1.54, 1.807) is 16.8 Å². The van der Waals surface area contributed by atoms with Gasteiger partial charge in [-0.25, -0.2) is 4.68 Å². The number of amides is 1. The molecule has 0 atom stereocenters. The molecule has 0 aliphatic carbocycles. The minimum atomic E-state index is -0.554. The first-order valence-electron chi connectivity index (χ1n) is 9.36. The predicted molar refractivity (Wildman–Crippen MR) is 127 cm³/mol. The number of carbonyl (C=O) groups excluding carboxylic acids is 1. The third kappa shape index (κ3) is 4.15. The van der Waals surface area contributed by atoms with Crippen LogP contribution in [0.4, 0.5) is 11.4 Å². The van der Waals surface area contributed by atoms with Gasteiger partial charge in [-0.05, 0) is 49.5 Å². The Balaban J connectivity index is 1.52. The number of rotatable bonds is 5. The molecule has 2 N–H and O–H groups in total. The molecule has 4 rings (SSSR count). The lowest BCUT2D eigenvalue weighted by Crippen LogP contribution is -2.33. The Morgan fingerprint density at radius 2 is 1.97 bits per heavy atom. The lowest BCUT2D eigenvalue weighted by atomic mass is 10.2. The number of aryl methyl sites for hydroxylation is 1. The van der Waals surface area contributed by atoms with E-state index in [4.69, 9.17) is 17.0 Å². The van der Waals surface area contributed by atoms with Crippen LogP contribution in [0.15, 0.2) is 54.6 Å². The summed E-state index contributed by atoms with van der Waals surface area (Å²) in [4.78, 5) is 24.7. The normalized spacial score (nSPS) is 10.7. The molecule has 2 aromatic heterocycles. The summed E-state index contributed by atoms with van der Waals surface area (Å²) in [6, 6.07) is 15.7. The van der Waals surface area contributed by atoms with Crippen molar-refractivity contribution in [2.45, 2.75) is 6.92 Å². The van der Waals surface area contributed by atoms with E-state index in [-0.39, 0.29) is 22.5 Å². The largest absolute Gasteiger partial charge is 0.490 e. The summed E-state index contributed by atoms with van der Waals surface area (Å²) in [5.41, 5.74) is 1.86. The summed E-state index contributed by atoms with van der Waals surface area (Å²) >= 11 is 6.52. The fraction of sp³-hybridized carbons (Fsp3) is 0.0952. The lowest BCUT2D eigenvalue weighted by molar-refractivity contribution is -0.385. The number of nitrogens with zero attached hydrogens (tertiary/aromatic N) is 3. The summed E-state index contributed by atoms with van der Waals surface area (Å²) in [6.45, 7) is 1.89. The number of aromatic nitrogens is 2. The molecule has 11 heteroatoms. The summed E-state index contributed by atoms with van der Waals surface area (Å²) in [5, 5.41) is 22.1. The van der Waals surface area contributed by atoms with Crippen molar-refractivity contribution in [1.29, 1.82) is 0 Å². The highest BCUT2D eigenvalue weighted by Gasteiger charge is 2.19. The van der Waals surface area contributed by atoms with Crippen LogP contribution in [0.2, 0.25) is 0 Å². The van der Waals surface area contributed by atoms with E-state index in [9.17, 15) is 14.9 Å². The molecule has 4 aromatic rings. The van der Waals surface area contributed by atoms with Crippen molar-refractivity contribution in [3.05, 3.63) is 75.3 Å². The number of thiocarbonyl (C=S) groups is 1. The van der Waals surface area contributed by atoms with Crippen LogP contribution in [0, 0.1) is 17.0 Å². The van der Waals surface area contributed by atoms with E-state index in [1.165, 1.54) is 30.6 Å². The highest BCUT2D eigenvalue weighted by molar-refractivity contribution is 7.80. The smallest absolute Gasteiger partial charge is 0.312 e. The number of thiophene rings is 1. The standard InChI is InChI=1S/C21H17N5O4S2/c1-12-15-11-18(32-20(15)25(24-12)14-6-4-3-5-7-14)19(27)23-21(31)22-13-8-9-17(30-2)16(10-13)26(28)29/h3-11H,1-2H3,(H2,22,23,27,31). The Bertz CT molecular complexity index is 1350. The number of anilines is 1. The van der Waals surface area contributed by atoms with Gasteiger partial charge in [0.2, 0.25) is 0 Å². The van der Waals surface area contributed by atoms with Crippen LogP contribution < -0.4 is 15.4 Å². The fourth-order valence-electron chi connectivity index (χ4n) is 3.14. The molecule has 2 aromatic carbocycles. The zero-order valence-electron chi connectivity index (χ0n) is 17.0. The first-order chi connectivity index (χ1) is 15.4. The van der Waals surface area contributed by atoms with E-state index in [2.05, 4.69) is 15.7 Å². The molecule has 0 unspecified atom stereocenters. The van der Waals surface area contributed by atoms with E-state index in [1.807, 2.05) is 37.3 Å². The Morgan fingerprint density at radius 3 is 2.66 bits per heavy atom. The molecule has 0 aliphatic heterocycles. The Kier molecular flexibility index (Phi) is 5.84. The van der Waals surface area contributed by atoms with Crippen molar-refractivity contribution >= 4 is 56.2 Å². The zero-order chi connectivity index (χ0) is 22.8. The SMILES string of the molecule is COc1ccc(NC(=S)NC(=O)c2cc3c(C)nn(-c4ccccc4)c3s2)cc1[N+](=O)[O-]. The number of methoxy groups -OCH3 is 1. The topological polar surface area (TPSA) is 111 Å². The number of fused-ring (bicyclic) bond motifs is 1. The molecule has 32 heavy (non-hydrogen) atoms. The minimum Gasteiger partial charge on any atom is -0.490 e. The van der Waals surface area contributed by atoms with E-state index in [0.717, 1.165) is 21.6 Å². The summed E-state index contributed by atoms with van der Waals surface area (Å²) in [7, 11) is 1.35. The molecule has 1 amide bonds. The van der Waals surface area contributed by atoms with Gasteiger partial charge >= 0.3 is 5.69 Å². The van der Waals surface area contributed by atoms with Gasteiger partial charge in [-0.1, -0.05) is 18.2 Å². The maximum Gasteiger partial charge on any atom is 0.312 e. The monoisotopic (exact) mass is 467 g/mol. The number of nitro groups is 1. The van der Waals surface area contributed by atoms with Crippen LogP contribution in [0.25, 0.3) is 15.9 Å². The molecule has 0 aliphatic rings. The summed E-state index contributed by atoms with van der Waals surface area (Å²) in [5.74, 6) is -0.255. The van der Waals surface area contributed by atoms with Gasteiger partial charge in [-0.3, -0.25) is 20.2 Å². The van der Waals surface area contributed by atoms with Crippen LogP contribution in [0.1, 0.15) is 15.4 Å². The van der Waals surface area contributed by atoms with Crippen LogP contribution >= 0.6 is 23.6 Å². The van der Waals surface area contributed by atoms with Crippen LogP contribution in [0.3, 0.4) is 0 Å². The van der Waals surface area contributed by atoms with E-state index >= 15 is 0 Å². The number of para-hydroxylation sites is 1. The van der Waals surface area contributed by atoms with Crippen molar-refractivity contribution in [2.24, 2.45) is 0 Å². The highest BCUT2D eigenvalue weighted by Crippen LogP contribution is 2.31. The maximum absolute atomic E-state index is 12.8. The van der Waals surface area contributed by atoms with Crippen molar-refractivity contribution in [1.82, 2.24) is 15.1 Å². The molecule has 0 fully saturated rings. The van der Waals surface area contributed by atoms with Crippen LogP contribution in [0.5, 0.6) is 5.75 Å². The minimum absolute atomic E-state index is 0.0216. The van der Waals surface area contributed by atoms with Gasteiger partial charge in [0.1, 0.15) is 4.83 Å². The first-order valence-corrected chi connectivity index (χ1v) is 10.6.